The molecule has 78 valence electrons. The SMILES string of the molecule is CN(c1ccc(Br)cn1)c1nnnn1C. The Morgan fingerprint density at radius 1 is 1.40 bits per heavy atom. The lowest BCUT2D eigenvalue weighted by Gasteiger charge is -2.14. The Labute approximate surface area is 95.0 Å². The minimum Gasteiger partial charge on any atom is -0.297 e. The number of aryl methyl sites for hydroxylation is 1. The van der Waals surface area contributed by atoms with Gasteiger partial charge in [0.05, 0.1) is 0 Å². The van der Waals surface area contributed by atoms with Crippen LogP contribution in [0.3, 0.4) is 0 Å². The maximum atomic E-state index is 4.25. The van der Waals surface area contributed by atoms with E-state index < -0.39 is 0 Å². The van der Waals surface area contributed by atoms with E-state index in [1.807, 2.05) is 24.1 Å². The van der Waals surface area contributed by atoms with Gasteiger partial charge in [-0.1, -0.05) is 5.10 Å². The molecular weight excluding hydrogens is 260 g/mol. The summed E-state index contributed by atoms with van der Waals surface area (Å²) < 4.78 is 2.53. The molecule has 0 aliphatic heterocycles. The standard InChI is InChI=1S/C8H9BrN6/c1-14(8-11-12-13-15(8)2)7-4-3-6(9)5-10-7/h3-5H,1-2H3. The number of aromatic nitrogens is 5. The predicted octanol–water partition coefficient (Wildman–Crippen LogP) is 1.14. The maximum Gasteiger partial charge on any atom is 0.250 e. The highest BCUT2D eigenvalue weighted by atomic mass is 79.9. The molecule has 0 fully saturated rings. The Morgan fingerprint density at radius 3 is 2.73 bits per heavy atom. The van der Waals surface area contributed by atoms with Gasteiger partial charge in [-0.2, -0.15) is 0 Å². The van der Waals surface area contributed by atoms with E-state index in [9.17, 15) is 0 Å². The van der Waals surface area contributed by atoms with Crippen molar-refractivity contribution in [3.63, 3.8) is 0 Å². The molecular formula is C8H9BrN6. The minimum atomic E-state index is 0.643. The van der Waals surface area contributed by atoms with Gasteiger partial charge in [-0.15, -0.1) is 0 Å². The second-order valence-electron chi connectivity index (χ2n) is 3.00. The molecule has 15 heavy (non-hydrogen) atoms. The molecule has 0 aliphatic rings. The summed E-state index contributed by atoms with van der Waals surface area (Å²) in [5, 5.41) is 11.2. The summed E-state index contributed by atoms with van der Waals surface area (Å²) in [4.78, 5) is 6.06. The van der Waals surface area contributed by atoms with Crippen LogP contribution >= 0.6 is 15.9 Å². The number of pyridine rings is 1. The Kier molecular flexibility index (Phi) is 2.63. The van der Waals surface area contributed by atoms with E-state index in [-0.39, 0.29) is 0 Å². The Balaban J connectivity index is 2.32. The Bertz CT molecular complexity index is 450. The molecule has 2 aromatic rings. The minimum absolute atomic E-state index is 0.643. The number of tetrazole rings is 1. The first-order chi connectivity index (χ1) is 7.18. The average molecular weight is 269 g/mol. The van der Waals surface area contributed by atoms with Crippen molar-refractivity contribution >= 4 is 27.7 Å². The van der Waals surface area contributed by atoms with E-state index in [1.54, 1.807) is 17.9 Å². The zero-order chi connectivity index (χ0) is 10.8. The Hall–Kier alpha value is -1.50. The van der Waals surface area contributed by atoms with E-state index in [0.717, 1.165) is 10.3 Å². The first-order valence-electron chi connectivity index (χ1n) is 4.26. The first-order valence-corrected chi connectivity index (χ1v) is 5.05. The van der Waals surface area contributed by atoms with Crippen LogP contribution in [0.4, 0.5) is 11.8 Å². The molecule has 2 aromatic heterocycles. The molecule has 0 aromatic carbocycles. The fraction of sp³-hybridized carbons (Fsp3) is 0.250. The van der Waals surface area contributed by atoms with Gasteiger partial charge in [-0.05, 0) is 38.5 Å². The zero-order valence-electron chi connectivity index (χ0n) is 8.29. The monoisotopic (exact) mass is 268 g/mol. The average Bonchev–Trinajstić information content (AvgIpc) is 2.65. The van der Waals surface area contributed by atoms with E-state index in [1.165, 1.54) is 0 Å². The van der Waals surface area contributed by atoms with Gasteiger partial charge in [0.15, 0.2) is 0 Å². The normalized spacial score (nSPS) is 10.3. The summed E-state index contributed by atoms with van der Waals surface area (Å²) in [5.74, 6) is 1.43. The smallest absolute Gasteiger partial charge is 0.250 e. The second-order valence-corrected chi connectivity index (χ2v) is 3.91. The lowest BCUT2D eigenvalue weighted by atomic mass is 10.4. The summed E-state index contributed by atoms with van der Waals surface area (Å²) in [7, 11) is 3.65. The molecule has 0 N–H and O–H groups in total. The van der Waals surface area contributed by atoms with Gasteiger partial charge in [0.2, 0.25) is 0 Å². The lowest BCUT2D eigenvalue weighted by molar-refractivity contribution is 0.707. The molecule has 0 aliphatic carbocycles. The number of nitrogens with zero attached hydrogens (tertiary/aromatic N) is 6. The fourth-order valence-electron chi connectivity index (χ4n) is 1.18. The molecule has 7 heteroatoms. The third-order valence-electron chi connectivity index (χ3n) is 1.95. The Morgan fingerprint density at radius 2 is 2.20 bits per heavy atom. The highest BCUT2D eigenvalue weighted by Crippen LogP contribution is 2.18. The molecule has 2 heterocycles. The van der Waals surface area contributed by atoms with Crippen LogP contribution in [0, 0.1) is 0 Å². The number of hydrogen-bond acceptors (Lipinski definition) is 5. The van der Waals surface area contributed by atoms with Crippen LogP contribution in [0.15, 0.2) is 22.8 Å². The van der Waals surface area contributed by atoms with Gasteiger partial charge >= 0.3 is 0 Å². The molecule has 0 saturated heterocycles. The van der Waals surface area contributed by atoms with Crippen LogP contribution in [-0.2, 0) is 7.05 Å². The third-order valence-corrected chi connectivity index (χ3v) is 2.42. The van der Waals surface area contributed by atoms with Crippen LogP contribution in [0.25, 0.3) is 0 Å². The fourth-order valence-corrected chi connectivity index (χ4v) is 1.41. The van der Waals surface area contributed by atoms with Crippen LogP contribution in [-0.4, -0.2) is 32.2 Å². The van der Waals surface area contributed by atoms with Crippen molar-refractivity contribution in [2.24, 2.45) is 7.05 Å². The van der Waals surface area contributed by atoms with Gasteiger partial charge in [0, 0.05) is 24.8 Å². The number of hydrogen-bond donors (Lipinski definition) is 0. The molecule has 0 spiro atoms. The number of anilines is 2. The molecule has 0 radical (unpaired) electrons. The molecule has 0 saturated carbocycles. The van der Waals surface area contributed by atoms with Gasteiger partial charge in [-0.3, -0.25) is 4.90 Å². The quantitative estimate of drug-likeness (QED) is 0.818. The van der Waals surface area contributed by atoms with Crippen molar-refractivity contribution in [1.82, 2.24) is 25.2 Å². The summed E-state index contributed by atoms with van der Waals surface area (Å²) in [5.41, 5.74) is 0. The van der Waals surface area contributed by atoms with Gasteiger partial charge in [0.25, 0.3) is 5.95 Å². The van der Waals surface area contributed by atoms with Crippen molar-refractivity contribution in [3.05, 3.63) is 22.8 Å². The summed E-state index contributed by atoms with van der Waals surface area (Å²) >= 11 is 3.33. The molecule has 0 amide bonds. The van der Waals surface area contributed by atoms with Crippen LogP contribution < -0.4 is 4.90 Å². The van der Waals surface area contributed by atoms with Crippen molar-refractivity contribution in [3.8, 4) is 0 Å². The first kappa shape index (κ1) is 10.0. The predicted molar refractivity (Wildman–Crippen MR) is 58.8 cm³/mol. The highest BCUT2D eigenvalue weighted by molar-refractivity contribution is 9.10. The number of rotatable bonds is 2. The van der Waals surface area contributed by atoms with E-state index >= 15 is 0 Å². The largest absolute Gasteiger partial charge is 0.297 e. The highest BCUT2D eigenvalue weighted by Gasteiger charge is 2.10. The second kappa shape index (κ2) is 3.93. The summed E-state index contributed by atoms with van der Waals surface area (Å²) in [6.45, 7) is 0. The van der Waals surface area contributed by atoms with Crippen LogP contribution in [0.2, 0.25) is 0 Å². The maximum absolute atomic E-state index is 4.25. The van der Waals surface area contributed by atoms with E-state index in [2.05, 4.69) is 36.4 Å². The molecule has 2 rings (SSSR count). The molecule has 0 bridgehead atoms. The lowest BCUT2D eigenvalue weighted by Crippen LogP contribution is -2.15. The van der Waals surface area contributed by atoms with Gasteiger partial charge < -0.3 is 0 Å². The molecule has 0 unspecified atom stereocenters. The van der Waals surface area contributed by atoms with E-state index in [0.29, 0.717) is 5.95 Å². The third kappa shape index (κ3) is 1.96. The van der Waals surface area contributed by atoms with Crippen molar-refractivity contribution in [2.75, 3.05) is 11.9 Å². The van der Waals surface area contributed by atoms with Crippen LogP contribution in [0.5, 0.6) is 0 Å². The van der Waals surface area contributed by atoms with Crippen molar-refractivity contribution < 1.29 is 0 Å². The van der Waals surface area contributed by atoms with E-state index in [4.69, 9.17) is 0 Å². The topological polar surface area (TPSA) is 59.7 Å². The van der Waals surface area contributed by atoms with Crippen molar-refractivity contribution in [2.45, 2.75) is 0 Å². The summed E-state index contributed by atoms with van der Waals surface area (Å²) in [6, 6.07) is 3.81. The zero-order valence-corrected chi connectivity index (χ0v) is 9.88. The number of halogens is 1. The molecule has 0 atom stereocenters. The molecule has 6 nitrogen and oxygen atoms in total. The summed E-state index contributed by atoms with van der Waals surface area (Å²) in [6.07, 6.45) is 1.73. The van der Waals surface area contributed by atoms with Crippen LogP contribution in [0.1, 0.15) is 0 Å². The van der Waals surface area contributed by atoms with Gasteiger partial charge in [-0.25, -0.2) is 9.67 Å². The van der Waals surface area contributed by atoms with Crippen molar-refractivity contribution in [1.29, 1.82) is 0 Å². The van der Waals surface area contributed by atoms with Gasteiger partial charge in [0.1, 0.15) is 5.82 Å².